The topological polar surface area (TPSA) is 45.8 Å². The molecule has 1 aromatic carbocycles. The minimum atomic E-state index is -0.0971. The SMILES string of the molecule is CCCc1nc(-c2ccc(Cl)c(Br)c2)[nH]c(=O)c1I. The number of nitrogens with one attached hydrogen (secondary N) is 1. The maximum absolute atomic E-state index is 11.9. The van der Waals surface area contributed by atoms with E-state index in [-0.39, 0.29) is 5.56 Å². The Kier molecular flexibility index (Phi) is 5.03. The number of aromatic amines is 1. The number of rotatable bonds is 3. The first-order chi connectivity index (χ1) is 9.02. The fourth-order valence-electron chi connectivity index (χ4n) is 1.69. The quantitative estimate of drug-likeness (QED) is 0.700. The van der Waals surface area contributed by atoms with Crippen molar-refractivity contribution in [3.05, 3.63) is 47.3 Å². The van der Waals surface area contributed by atoms with Crippen LogP contribution in [0.2, 0.25) is 5.02 Å². The van der Waals surface area contributed by atoms with Crippen LogP contribution in [-0.4, -0.2) is 9.97 Å². The molecule has 0 saturated carbocycles. The van der Waals surface area contributed by atoms with Gasteiger partial charge in [-0.3, -0.25) is 4.79 Å². The predicted octanol–water partition coefficient (Wildman–Crippen LogP) is 4.41. The molecule has 1 N–H and O–H groups in total. The minimum absolute atomic E-state index is 0.0971. The lowest BCUT2D eigenvalue weighted by atomic mass is 10.2. The molecule has 0 aliphatic carbocycles. The number of halogens is 3. The van der Waals surface area contributed by atoms with Gasteiger partial charge in [-0.1, -0.05) is 24.9 Å². The Bertz CT molecular complexity index is 672. The normalized spacial score (nSPS) is 10.7. The molecule has 0 amide bonds. The maximum atomic E-state index is 11.9. The smallest absolute Gasteiger partial charge is 0.264 e. The molecule has 0 radical (unpaired) electrons. The zero-order chi connectivity index (χ0) is 14.0. The van der Waals surface area contributed by atoms with Crippen LogP contribution in [0.1, 0.15) is 19.0 Å². The van der Waals surface area contributed by atoms with Gasteiger partial charge in [0, 0.05) is 10.0 Å². The second kappa shape index (κ2) is 6.37. The second-order valence-electron chi connectivity index (χ2n) is 4.05. The second-order valence-corrected chi connectivity index (χ2v) is 6.39. The van der Waals surface area contributed by atoms with E-state index < -0.39 is 0 Å². The van der Waals surface area contributed by atoms with Crippen LogP contribution in [0.3, 0.4) is 0 Å². The zero-order valence-corrected chi connectivity index (χ0v) is 14.6. The lowest BCUT2D eigenvalue weighted by Gasteiger charge is -2.07. The van der Waals surface area contributed by atoms with Crippen LogP contribution in [0.4, 0.5) is 0 Å². The summed E-state index contributed by atoms with van der Waals surface area (Å²) in [6, 6.07) is 5.47. The van der Waals surface area contributed by atoms with E-state index in [1.54, 1.807) is 6.07 Å². The molecule has 0 saturated heterocycles. The monoisotopic (exact) mass is 452 g/mol. The van der Waals surface area contributed by atoms with E-state index >= 15 is 0 Å². The van der Waals surface area contributed by atoms with Crippen LogP contribution in [0, 0.1) is 3.57 Å². The molecule has 0 unspecified atom stereocenters. The number of nitrogens with zero attached hydrogens (tertiary/aromatic N) is 1. The van der Waals surface area contributed by atoms with Crippen LogP contribution in [0.15, 0.2) is 27.5 Å². The standard InChI is InChI=1S/C13H11BrClIN2O/c1-2-3-10-11(16)13(19)18-12(17-10)7-4-5-9(15)8(14)6-7/h4-6H,2-3H2,1H3,(H,17,18,19). The van der Waals surface area contributed by atoms with Gasteiger partial charge < -0.3 is 4.98 Å². The Morgan fingerprint density at radius 3 is 2.84 bits per heavy atom. The molecule has 2 aromatic rings. The van der Waals surface area contributed by atoms with Crippen LogP contribution in [0.25, 0.3) is 11.4 Å². The number of benzene rings is 1. The lowest BCUT2D eigenvalue weighted by Crippen LogP contribution is -2.16. The summed E-state index contributed by atoms with van der Waals surface area (Å²) in [5.41, 5.74) is 1.58. The molecule has 0 bridgehead atoms. The van der Waals surface area contributed by atoms with Crippen molar-refractivity contribution in [2.45, 2.75) is 19.8 Å². The van der Waals surface area contributed by atoms with Crippen molar-refractivity contribution in [2.24, 2.45) is 0 Å². The molecule has 6 heteroatoms. The van der Waals surface area contributed by atoms with Gasteiger partial charge in [0.1, 0.15) is 5.82 Å². The number of hydrogen-bond acceptors (Lipinski definition) is 2. The third-order valence-electron chi connectivity index (χ3n) is 2.61. The number of aryl methyl sites for hydroxylation is 1. The van der Waals surface area contributed by atoms with Crippen LogP contribution in [-0.2, 0) is 6.42 Å². The molecule has 0 atom stereocenters. The average Bonchev–Trinajstić information content (AvgIpc) is 2.38. The van der Waals surface area contributed by atoms with Crippen molar-refractivity contribution in [3.63, 3.8) is 0 Å². The highest BCUT2D eigenvalue weighted by molar-refractivity contribution is 14.1. The molecule has 0 fully saturated rings. The number of H-pyrrole nitrogens is 1. The van der Waals surface area contributed by atoms with Gasteiger partial charge >= 0.3 is 0 Å². The Morgan fingerprint density at radius 2 is 2.21 bits per heavy atom. The van der Waals surface area contributed by atoms with Crippen molar-refractivity contribution in [1.82, 2.24) is 9.97 Å². The highest BCUT2D eigenvalue weighted by Gasteiger charge is 2.10. The fourth-order valence-corrected chi connectivity index (χ4v) is 2.71. The molecule has 3 nitrogen and oxygen atoms in total. The summed E-state index contributed by atoms with van der Waals surface area (Å²) in [4.78, 5) is 19.3. The van der Waals surface area contributed by atoms with E-state index in [9.17, 15) is 4.79 Å². The van der Waals surface area contributed by atoms with Gasteiger partial charge in [0.05, 0.1) is 14.3 Å². The molecular weight excluding hydrogens is 442 g/mol. The molecule has 1 heterocycles. The van der Waals surface area contributed by atoms with Gasteiger partial charge in [-0.15, -0.1) is 0 Å². The van der Waals surface area contributed by atoms with Crippen molar-refractivity contribution < 1.29 is 0 Å². The van der Waals surface area contributed by atoms with Gasteiger partial charge in [-0.2, -0.15) is 0 Å². The number of hydrogen-bond donors (Lipinski definition) is 1. The zero-order valence-electron chi connectivity index (χ0n) is 10.1. The van der Waals surface area contributed by atoms with E-state index in [0.717, 1.165) is 28.6 Å². The van der Waals surface area contributed by atoms with E-state index in [1.165, 1.54) is 0 Å². The first kappa shape index (κ1) is 15.0. The lowest BCUT2D eigenvalue weighted by molar-refractivity contribution is 0.860. The molecule has 19 heavy (non-hydrogen) atoms. The average molecular weight is 454 g/mol. The summed E-state index contributed by atoms with van der Waals surface area (Å²) in [7, 11) is 0. The van der Waals surface area contributed by atoms with Crippen molar-refractivity contribution >= 4 is 50.1 Å². The van der Waals surface area contributed by atoms with E-state index in [0.29, 0.717) is 14.4 Å². The van der Waals surface area contributed by atoms with Gasteiger partial charge in [-0.25, -0.2) is 4.98 Å². The minimum Gasteiger partial charge on any atom is -0.306 e. The Balaban J connectivity index is 2.56. The Morgan fingerprint density at radius 1 is 1.47 bits per heavy atom. The van der Waals surface area contributed by atoms with Gasteiger partial charge in [0.25, 0.3) is 5.56 Å². The van der Waals surface area contributed by atoms with Crippen LogP contribution < -0.4 is 5.56 Å². The Hall–Kier alpha value is -0.400. The third kappa shape index (κ3) is 3.38. The van der Waals surface area contributed by atoms with Gasteiger partial charge in [0.2, 0.25) is 0 Å². The number of aromatic nitrogens is 2. The predicted molar refractivity (Wildman–Crippen MR) is 89.7 cm³/mol. The van der Waals surface area contributed by atoms with Gasteiger partial charge in [0.15, 0.2) is 0 Å². The molecule has 0 aliphatic rings. The highest BCUT2D eigenvalue weighted by Crippen LogP contribution is 2.27. The van der Waals surface area contributed by atoms with Crippen molar-refractivity contribution in [3.8, 4) is 11.4 Å². The summed E-state index contributed by atoms with van der Waals surface area (Å²) < 4.78 is 1.45. The summed E-state index contributed by atoms with van der Waals surface area (Å²) in [5, 5.41) is 0.630. The van der Waals surface area contributed by atoms with Gasteiger partial charge in [-0.05, 0) is 63.1 Å². The first-order valence-electron chi connectivity index (χ1n) is 5.77. The molecule has 0 aliphatic heterocycles. The summed E-state index contributed by atoms with van der Waals surface area (Å²) >= 11 is 11.4. The first-order valence-corrected chi connectivity index (χ1v) is 8.02. The summed E-state index contributed by atoms with van der Waals surface area (Å²) in [6.45, 7) is 2.07. The third-order valence-corrected chi connectivity index (χ3v) is 4.94. The highest BCUT2D eigenvalue weighted by atomic mass is 127. The molecular formula is C13H11BrClIN2O. The van der Waals surface area contributed by atoms with E-state index in [4.69, 9.17) is 11.6 Å². The Labute approximate surface area is 138 Å². The summed E-state index contributed by atoms with van der Waals surface area (Å²) in [5.74, 6) is 0.575. The van der Waals surface area contributed by atoms with Crippen LogP contribution >= 0.6 is 50.1 Å². The van der Waals surface area contributed by atoms with Crippen molar-refractivity contribution in [1.29, 1.82) is 0 Å². The molecule has 100 valence electrons. The largest absolute Gasteiger partial charge is 0.306 e. The maximum Gasteiger partial charge on any atom is 0.264 e. The molecule has 2 rings (SSSR count). The molecule has 0 spiro atoms. The molecule has 1 aromatic heterocycles. The van der Waals surface area contributed by atoms with Crippen molar-refractivity contribution in [2.75, 3.05) is 0 Å². The fraction of sp³-hybridized carbons (Fsp3) is 0.231. The van der Waals surface area contributed by atoms with Crippen LogP contribution in [0.5, 0.6) is 0 Å². The van der Waals surface area contributed by atoms with E-state index in [1.807, 2.05) is 34.7 Å². The summed E-state index contributed by atoms with van der Waals surface area (Å²) in [6.07, 6.45) is 1.75. The van der Waals surface area contributed by atoms with E-state index in [2.05, 4.69) is 32.8 Å².